The Morgan fingerprint density at radius 1 is 1.00 bits per heavy atom. The van der Waals surface area contributed by atoms with Crippen LogP contribution in [0.5, 0.6) is 0 Å². The molecule has 2 atom stereocenters. The molecule has 1 aromatic heterocycles. The van der Waals surface area contributed by atoms with Gasteiger partial charge in [-0.2, -0.15) is 0 Å². The summed E-state index contributed by atoms with van der Waals surface area (Å²) in [6, 6.07) is 17.5. The van der Waals surface area contributed by atoms with Gasteiger partial charge in [0.25, 0.3) is 0 Å². The Morgan fingerprint density at radius 3 is 2.57 bits per heavy atom. The molecule has 1 heterocycles. The summed E-state index contributed by atoms with van der Waals surface area (Å²) in [4.78, 5) is 4.73. The third-order valence-electron chi connectivity index (χ3n) is 3.72. The minimum absolute atomic E-state index is 0.248. The molecule has 0 amide bonds. The molecule has 0 aliphatic rings. The smallest absolute Gasteiger partial charge is 0.111 e. The third kappa shape index (κ3) is 3.14. The zero-order valence-electron chi connectivity index (χ0n) is 12.6. The van der Waals surface area contributed by atoms with E-state index in [-0.39, 0.29) is 6.04 Å². The van der Waals surface area contributed by atoms with Crippen molar-refractivity contribution in [2.24, 2.45) is 0 Å². The number of nitrogens with zero attached hydrogens (tertiary/aromatic N) is 1. The van der Waals surface area contributed by atoms with E-state index in [9.17, 15) is 0 Å². The number of aryl methyl sites for hydroxylation is 1. The Bertz CT molecular complexity index is 715. The van der Waals surface area contributed by atoms with E-state index >= 15 is 0 Å². The van der Waals surface area contributed by atoms with Crippen molar-refractivity contribution in [3.05, 3.63) is 64.7 Å². The Kier molecular flexibility index (Phi) is 4.04. The highest BCUT2D eigenvalue weighted by molar-refractivity contribution is 7.18. The predicted octanol–water partition coefficient (Wildman–Crippen LogP) is 5.02. The number of hydrogen-bond acceptors (Lipinski definition) is 3. The molecular formula is C18H20N2S. The van der Waals surface area contributed by atoms with Crippen LogP contribution < -0.4 is 5.32 Å². The fourth-order valence-corrected chi connectivity index (χ4v) is 3.54. The molecule has 21 heavy (non-hydrogen) atoms. The maximum absolute atomic E-state index is 4.73. The van der Waals surface area contributed by atoms with E-state index in [1.807, 2.05) is 6.07 Å². The molecule has 3 aromatic rings. The van der Waals surface area contributed by atoms with Crippen molar-refractivity contribution in [1.82, 2.24) is 10.3 Å². The number of aromatic nitrogens is 1. The number of hydrogen-bond donors (Lipinski definition) is 1. The first-order chi connectivity index (χ1) is 10.1. The van der Waals surface area contributed by atoms with E-state index in [2.05, 4.69) is 68.6 Å². The molecular weight excluding hydrogens is 276 g/mol. The lowest BCUT2D eigenvalue weighted by Crippen LogP contribution is -2.22. The van der Waals surface area contributed by atoms with Gasteiger partial charge in [0.1, 0.15) is 5.01 Å². The normalized spacial score (nSPS) is 14.2. The molecule has 1 N–H and O–H groups in total. The maximum Gasteiger partial charge on any atom is 0.111 e. The van der Waals surface area contributed by atoms with E-state index in [4.69, 9.17) is 4.98 Å². The van der Waals surface area contributed by atoms with Gasteiger partial charge in [0, 0.05) is 6.04 Å². The average Bonchev–Trinajstić information content (AvgIpc) is 2.91. The van der Waals surface area contributed by atoms with E-state index in [1.165, 1.54) is 15.8 Å². The minimum Gasteiger partial charge on any atom is -0.302 e. The standard InChI is InChI=1S/C18H20N2S/c1-12-7-6-8-15(11-12)13(2)19-14(3)18-20-16-9-4-5-10-17(16)21-18/h4-11,13-14,19H,1-3H3/t13-,14?/m0/s1. The maximum atomic E-state index is 4.73. The van der Waals surface area contributed by atoms with Crippen LogP contribution in [-0.4, -0.2) is 4.98 Å². The molecule has 3 rings (SSSR count). The summed E-state index contributed by atoms with van der Waals surface area (Å²) in [5, 5.41) is 4.80. The second-order valence-corrected chi connectivity index (χ2v) is 6.61. The number of para-hydroxylation sites is 1. The Labute approximate surface area is 129 Å². The summed E-state index contributed by atoms with van der Waals surface area (Å²) in [6.45, 7) is 6.52. The van der Waals surface area contributed by atoms with Crippen molar-refractivity contribution in [3.8, 4) is 0 Å². The lowest BCUT2D eigenvalue weighted by molar-refractivity contribution is 0.493. The zero-order valence-corrected chi connectivity index (χ0v) is 13.4. The van der Waals surface area contributed by atoms with Crippen LogP contribution in [0.15, 0.2) is 48.5 Å². The van der Waals surface area contributed by atoms with E-state index < -0.39 is 0 Å². The van der Waals surface area contributed by atoms with Gasteiger partial charge in [0.05, 0.1) is 16.3 Å². The van der Waals surface area contributed by atoms with Crippen molar-refractivity contribution in [2.75, 3.05) is 0 Å². The quantitative estimate of drug-likeness (QED) is 0.731. The van der Waals surface area contributed by atoms with Crippen LogP contribution in [-0.2, 0) is 0 Å². The SMILES string of the molecule is Cc1cccc([C@H](C)NC(C)c2nc3ccccc3s2)c1. The lowest BCUT2D eigenvalue weighted by atomic mass is 10.1. The molecule has 108 valence electrons. The summed E-state index contributed by atoms with van der Waals surface area (Å²) in [5.74, 6) is 0. The summed E-state index contributed by atoms with van der Waals surface area (Å²) >= 11 is 1.77. The first-order valence-corrected chi connectivity index (χ1v) is 8.13. The fraction of sp³-hybridized carbons (Fsp3) is 0.278. The van der Waals surface area contributed by atoms with Crippen molar-refractivity contribution in [2.45, 2.75) is 32.9 Å². The van der Waals surface area contributed by atoms with Gasteiger partial charge in [-0.3, -0.25) is 0 Å². The van der Waals surface area contributed by atoms with Crippen LogP contribution in [0.25, 0.3) is 10.2 Å². The molecule has 0 aliphatic heterocycles. The topological polar surface area (TPSA) is 24.9 Å². The van der Waals surface area contributed by atoms with E-state index in [1.54, 1.807) is 11.3 Å². The van der Waals surface area contributed by atoms with Crippen LogP contribution in [0.1, 0.15) is 42.1 Å². The highest BCUT2D eigenvalue weighted by Gasteiger charge is 2.14. The van der Waals surface area contributed by atoms with E-state index in [0.717, 1.165) is 10.5 Å². The van der Waals surface area contributed by atoms with Gasteiger partial charge in [-0.25, -0.2) is 4.98 Å². The first kappa shape index (κ1) is 14.2. The monoisotopic (exact) mass is 296 g/mol. The van der Waals surface area contributed by atoms with Gasteiger partial charge in [0.15, 0.2) is 0 Å². The molecule has 0 spiro atoms. The molecule has 0 fully saturated rings. The van der Waals surface area contributed by atoms with Crippen molar-refractivity contribution < 1.29 is 0 Å². The summed E-state index contributed by atoms with van der Waals surface area (Å²) in [5.41, 5.74) is 3.71. The number of nitrogens with one attached hydrogen (secondary N) is 1. The van der Waals surface area contributed by atoms with Crippen LogP contribution in [0.3, 0.4) is 0 Å². The Balaban J connectivity index is 1.77. The summed E-state index contributed by atoms with van der Waals surface area (Å²) < 4.78 is 1.25. The molecule has 2 aromatic carbocycles. The zero-order chi connectivity index (χ0) is 14.8. The van der Waals surface area contributed by atoms with Crippen LogP contribution in [0, 0.1) is 6.92 Å². The van der Waals surface area contributed by atoms with Crippen molar-refractivity contribution in [3.63, 3.8) is 0 Å². The van der Waals surface area contributed by atoms with Crippen molar-refractivity contribution >= 4 is 21.6 Å². The molecule has 0 saturated carbocycles. The lowest BCUT2D eigenvalue weighted by Gasteiger charge is -2.19. The number of rotatable bonds is 4. The molecule has 3 heteroatoms. The predicted molar refractivity (Wildman–Crippen MR) is 90.8 cm³/mol. The molecule has 0 radical (unpaired) electrons. The van der Waals surface area contributed by atoms with Crippen LogP contribution >= 0.6 is 11.3 Å². The summed E-state index contributed by atoms with van der Waals surface area (Å²) in [7, 11) is 0. The van der Waals surface area contributed by atoms with Crippen molar-refractivity contribution in [1.29, 1.82) is 0 Å². The highest BCUT2D eigenvalue weighted by Crippen LogP contribution is 2.27. The molecule has 0 aliphatic carbocycles. The average molecular weight is 296 g/mol. The van der Waals surface area contributed by atoms with Gasteiger partial charge in [-0.15, -0.1) is 11.3 Å². The van der Waals surface area contributed by atoms with Gasteiger partial charge < -0.3 is 5.32 Å². The Hall–Kier alpha value is -1.71. The number of thiazole rings is 1. The van der Waals surface area contributed by atoms with Crippen LogP contribution in [0.4, 0.5) is 0 Å². The fourth-order valence-electron chi connectivity index (χ4n) is 2.56. The molecule has 1 unspecified atom stereocenters. The minimum atomic E-state index is 0.248. The first-order valence-electron chi connectivity index (χ1n) is 7.31. The Morgan fingerprint density at radius 2 is 1.81 bits per heavy atom. The van der Waals surface area contributed by atoms with Gasteiger partial charge in [0.2, 0.25) is 0 Å². The molecule has 2 nitrogen and oxygen atoms in total. The van der Waals surface area contributed by atoms with E-state index in [0.29, 0.717) is 6.04 Å². The second-order valence-electron chi connectivity index (χ2n) is 5.54. The van der Waals surface area contributed by atoms with Gasteiger partial charge in [-0.1, -0.05) is 42.0 Å². The third-order valence-corrected chi connectivity index (χ3v) is 4.94. The molecule has 0 bridgehead atoms. The number of fused-ring (bicyclic) bond motifs is 1. The van der Waals surface area contributed by atoms with Gasteiger partial charge >= 0.3 is 0 Å². The molecule has 0 saturated heterocycles. The number of benzene rings is 2. The highest BCUT2D eigenvalue weighted by atomic mass is 32.1. The largest absolute Gasteiger partial charge is 0.302 e. The van der Waals surface area contributed by atoms with Crippen LogP contribution in [0.2, 0.25) is 0 Å². The summed E-state index contributed by atoms with van der Waals surface area (Å²) in [6.07, 6.45) is 0. The second kappa shape index (κ2) is 5.96. The van der Waals surface area contributed by atoms with Gasteiger partial charge in [-0.05, 0) is 38.5 Å².